The van der Waals surface area contributed by atoms with Gasteiger partial charge in [-0.3, -0.25) is 9.59 Å². The summed E-state index contributed by atoms with van der Waals surface area (Å²) in [5.41, 5.74) is 1.32. The minimum Gasteiger partial charge on any atom is -0.466 e. The van der Waals surface area contributed by atoms with Crippen LogP contribution >= 0.6 is 0 Å². The minimum absolute atomic E-state index is 0.0523. The molecule has 1 fully saturated rings. The first kappa shape index (κ1) is 31.5. The van der Waals surface area contributed by atoms with Crippen LogP contribution in [0.25, 0.3) is 10.9 Å². The molecule has 1 aromatic carbocycles. The van der Waals surface area contributed by atoms with Gasteiger partial charge in [-0.05, 0) is 36.9 Å². The van der Waals surface area contributed by atoms with E-state index in [1.807, 2.05) is 60.9 Å². The maximum absolute atomic E-state index is 13.9. The number of aromatic nitrogens is 1. The van der Waals surface area contributed by atoms with Crippen molar-refractivity contribution in [3.63, 3.8) is 0 Å². The molecule has 1 amide bonds. The van der Waals surface area contributed by atoms with Crippen molar-refractivity contribution in [3.05, 3.63) is 48.2 Å². The first-order chi connectivity index (χ1) is 19.9. The van der Waals surface area contributed by atoms with Crippen molar-refractivity contribution < 1.29 is 33.4 Å². The second-order valence-corrected chi connectivity index (χ2v) is 18.5. The van der Waals surface area contributed by atoms with Crippen LogP contribution in [0, 0.1) is 11.8 Å². The molecule has 4 rings (SSSR count). The van der Waals surface area contributed by atoms with Crippen LogP contribution in [-0.2, 0) is 35.1 Å². The van der Waals surface area contributed by atoms with E-state index < -0.39 is 44.0 Å². The summed E-state index contributed by atoms with van der Waals surface area (Å²) in [5, 5.41) is 0.919. The molecule has 2 aromatic rings. The molecule has 0 saturated carbocycles. The molecule has 0 spiro atoms. The number of amides is 1. The van der Waals surface area contributed by atoms with E-state index in [0.29, 0.717) is 25.1 Å². The smallest absolute Gasteiger partial charge is 0.355 e. The van der Waals surface area contributed by atoms with Gasteiger partial charge in [0.05, 0.1) is 32.1 Å². The number of hydrogen-bond acceptors (Lipinski definition) is 7. The Bertz CT molecular complexity index is 1330. The highest BCUT2D eigenvalue weighted by Crippen LogP contribution is 2.29. The summed E-state index contributed by atoms with van der Waals surface area (Å²) in [6.45, 7) is 11.4. The molecule has 0 unspecified atom stereocenters. The zero-order chi connectivity index (χ0) is 30.4. The van der Waals surface area contributed by atoms with Crippen LogP contribution < -0.4 is 0 Å². The molecule has 3 heterocycles. The summed E-state index contributed by atoms with van der Waals surface area (Å²) in [7, 11) is -1.45. The van der Waals surface area contributed by atoms with Crippen LogP contribution in [0.15, 0.2) is 42.5 Å². The van der Waals surface area contributed by atoms with Crippen molar-refractivity contribution in [2.45, 2.75) is 83.9 Å². The molecule has 0 radical (unpaired) electrons. The Labute approximate surface area is 249 Å². The standard InChI is InChI=1S/C32H44N2O7Si/c1-22(2)25-20-29(35)39-15-11-7-6-10-14-33-26-13-9-8-12-23(26)18-27(33)32(38)41-24-19-28(34(21-24)30(25)36)31(37)40-16-17-42(3,4)5/h6,8-10,12-13,18,22,24-25,28H,7,11,14-17,19-21H2,1-5H3/b10-6+/t24-,25+,28+/m1/s1. The number of ether oxygens (including phenoxy) is 3. The second-order valence-electron chi connectivity index (χ2n) is 12.8. The lowest BCUT2D eigenvalue weighted by atomic mass is 9.91. The molecule has 42 heavy (non-hydrogen) atoms. The second kappa shape index (κ2) is 13.7. The number of carbonyl (C=O) groups excluding carboxylic acids is 4. The van der Waals surface area contributed by atoms with Gasteiger partial charge < -0.3 is 23.7 Å². The van der Waals surface area contributed by atoms with Crippen LogP contribution in [-0.4, -0.2) is 73.3 Å². The van der Waals surface area contributed by atoms with Gasteiger partial charge in [-0.25, -0.2) is 9.59 Å². The molecule has 2 aliphatic heterocycles. The number of esters is 3. The molecule has 0 N–H and O–H groups in total. The first-order valence-electron chi connectivity index (χ1n) is 15.0. The molecule has 2 bridgehead atoms. The summed E-state index contributed by atoms with van der Waals surface area (Å²) in [6, 6.07) is 9.48. The Balaban J connectivity index is 1.64. The number of carbonyl (C=O) groups is 4. The summed E-state index contributed by atoms with van der Waals surface area (Å²) in [4.78, 5) is 54.9. The Kier molecular flexibility index (Phi) is 10.3. The number of para-hydroxylation sites is 1. The molecule has 9 nitrogen and oxygen atoms in total. The molecule has 2 aliphatic rings. The van der Waals surface area contributed by atoms with Crippen LogP contribution in [0.5, 0.6) is 0 Å². The van der Waals surface area contributed by atoms with E-state index in [1.54, 1.807) is 0 Å². The van der Waals surface area contributed by atoms with E-state index in [1.165, 1.54) is 4.90 Å². The average molecular weight is 597 g/mol. The number of hydrogen-bond donors (Lipinski definition) is 0. The molecule has 1 saturated heterocycles. The highest BCUT2D eigenvalue weighted by atomic mass is 28.3. The Morgan fingerprint density at radius 2 is 1.88 bits per heavy atom. The fourth-order valence-electron chi connectivity index (χ4n) is 5.44. The number of benzene rings is 1. The van der Waals surface area contributed by atoms with Gasteiger partial charge in [-0.15, -0.1) is 0 Å². The van der Waals surface area contributed by atoms with E-state index in [0.717, 1.165) is 16.9 Å². The van der Waals surface area contributed by atoms with Crippen molar-refractivity contribution in [2.24, 2.45) is 11.8 Å². The number of allylic oxidation sites excluding steroid dienone is 2. The fourth-order valence-corrected chi connectivity index (χ4v) is 6.15. The maximum atomic E-state index is 13.9. The molecule has 228 valence electrons. The zero-order valence-corrected chi connectivity index (χ0v) is 26.5. The van der Waals surface area contributed by atoms with Crippen molar-refractivity contribution >= 4 is 42.8 Å². The van der Waals surface area contributed by atoms with Gasteiger partial charge in [0.2, 0.25) is 5.91 Å². The largest absolute Gasteiger partial charge is 0.466 e. The monoisotopic (exact) mass is 596 g/mol. The normalized spacial score (nSPS) is 23.6. The third-order valence-electron chi connectivity index (χ3n) is 7.95. The quantitative estimate of drug-likeness (QED) is 0.202. The lowest BCUT2D eigenvalue weighted by Gasteiger charge is -2.29. The van der Waals surface area contributed by atoms with Crippen LogP contribution in [0.3, 0.4) is 0 Å². The average Bonchev–Trinajstić information content (AvgIpc) is 3.51. The van der Waals surface area contributed by atoms with Crippen LogP contribution in [0.4, 0.5) is 0 Å². The maximum Gasteiger partial charge on any atom is 0.355 e. The summed E-state index contributed by atoms with van der Waals surface area (Å²) >= 11 is 0. The van der Waals surface area contributed by atoms with Gasteiger partial charge in [0.1, 0.15) is 17.8 Å². The highest BCUT2D eigenvalue weighted by Gasteiger charge is 2.45. The predicted octanol–water partition coefficient (Wildman–Crippen LogP) is 5.20. The molecule has 1 aromatic heterocycles. The lowest BCUT2D eigenvalue weighted by Crippen LogP contribution is -2.46. The molecular formula is C32H44N2O7Si. The minimum atomic E-state index is -1.45. The highest BCUT2D eigenvalue weighted by molar-refractivity contribution is 6.76. The topological polar surface area (TPSA) is 104 Å². The number of fused-ring (bicyclic) bond motifs is 5. The van der Waals surface area contributed by atoms with Gasteiger partial charge in [0.15, 0.2) is 0 Å². The number of cyclic esters (lactones) is 1. The Hall–Kier alpha value is -3.40. The van der Waals surface area contributed by atoms with Gasteiger partial charge in [-0.2, -0.15) is 0 Å². The molecule has 10 heteroatoms. The fraction of sp³-hybridized carbons (Fsp3) is 0.562. The van der Waals surface area contributed by atoms with E-state index in [2.05, 4.69) is 19.6 Å². The van der Waals surface area contributed by atoms with Crippen LogP contribution in [0.1, 0.15) is 50.0 Å². The zero-order valence-electron chi connectivity index (χ0n) is 25.5. The third-order valence-corrected chi connectivity index (χ3v) is 9.65. The van der Waals surface area contributed by atoms with Gasteiger partial charge in [0, 0.05) is 31.9 Å². The Morgan fingerprint density at radius 3 is 2.62 bits per heavy atom. The van der Waals surface area contributed by atoms with Crippen LogP contribution in [0.2, 0.25) is 25.7 Å². The van der Waals surface area contributed by atoms with E-state index in [9.17, 15) is 19.2 Å². The molecule has 3 atom stereocenters. The summed E-state index contributed by atoms with van der Waals surface area (Å²) in [6.07, 6.45) is 4.71. The number of rotatable bonds is 5. The molecular weight excluding hydrogens is 552 g/mol. The van der Waals surface area contributed by atoms with Gasteiger partial charge in [-0.1, -0.05) is 63.8 Å². The van der Waals surface area contributed by atoms with Gasteiger partial charge >= 0.3 is 17.9 Å². The third kappa shape index (κ3) is 7.90. The van der Waals surface area contributed by atoms with Crippen molar-refractivity contribution in [2.75, 3.05) is 19.8 Å². The SMILES string of the molecule is CC(C)[C@@H]1CC(=O)OCCC/C=C/Cn2c(cc3ccccc32)C(=O)O[C@@H]2C[C@@H](C(=O)OCC[Si](C)(C)C)N(C2)C1=O. The predicted molar refractivity (Wildman–Crippen MR) is 163 cm³/mol. The van der Waals surface area contributed by atoms with Crippen molar-refractivity contribution in [1.29, 1.82) is 0 Å². The van der Waals surface area contributed by atoms with Gasteiger partial charge in [0.25, 0.3) is 0 Å². The first-order valence-corrected chi connectivity index (χ1v) is 18.7. The Morgan fingerprint density at radius 1 is 1.12 bits per heavy atom. The van der Waals surface area contributed by atoms with E-state index in [4.69, 9.17) is 14.2 Å². The van der Waals surface area contributed by atoms with E-state index >= 15 is 0 Å². The summed E-state index contributed by atoms with van der Waals surface area (Å²) in [5.74, 6) is -2.62. The summed E-state index contributed by atoms with van der Waals surface area (Å²) < 4.78 is 19.0. The lowest BCUT2D eigenvalue weighted by molar-refractivity contribution is -0.156. The van der Waals surface area contributed by atoms with Crippen molar-refractivity contribution in [1.82, 2.24) is 9.47 Å². The number of nitrogens with zero attached hydrogens (tertiary/aromatic N) is 2. The van der Waals surface area contributed by atoms with Crippen molar-refractivity contribution in [3.8, 4) is 0 Å². The molecule has 0 aliphatic carbocycles. The van der Waals surface area contributed by atoms with E-state index in [-0.39, 0.29) is 44.4 Å².